The van der Waals surface area contributed by atoms with Gasteiger partial charge in [-0.25, -0.2) is 4.79 Å². The van der Waals surface area contributed by atoms with Crippen LogP contribution in [0, 0.1) is 11.3 Å². The number of carbonyl (C=O) groups is 3. The minimum Gasteiger partial charge on any atom is -0.480 e. The number of amides is 2. The maximum atomic E-state index is 13.1. The number of alkyl carbamates (subject to hydrolysis) is 1. The van der Waals surface area contributed by atoms with E-state index in [0.717, 1.165) is 24.0 Å². The standard InChI is InChI=1S/C27H30N2O5/c1-2-11-29(15-24(30)31)25(32)27-13-17(27)12-18(14-27)28-26(33)34-16-23-21-9-5-3-7-19(21)20-8-4-6-10-22(20)23/h3-10,17-18,23H,2,11-16H2,1H3,(H,28,33)(H,30,31)/t17-,18+,27+/m0/s1. The van der Waals surface area contributed by atoms with Gasteiger partial charge in [0.1, 0.15) is 13.2 Å². The lowest BCUT2D eigenvalue weighted by molar-refractivity contribution is -0.147. The molecule has 2 N–H and O–H groups in total. The SMILES string of the molecule is CCCN(CC(=O)O)C(=O)[C@]12C[C@H](NC(=O)OCC3c4ccccc4-c4ccccc43)C[C@H]1C2. The Morgan fingerprint density at radius 1 is 1.06 bits per heavy atom. The average Bonchev–Trinajstić information content (AvgIpc) is 3.25. The van der Waals surface area contributed by atoms with Gasteiger partial charge in [0, 0.05) is 18.5 Å². The van der Waals surface area contributed by atoms with Gasteiger partial charge in [0.05, 0.1) is 5.41 Å². The van der Waals surface area contributed by atoms with Crippen molar-refractivity contribution in [2.24, 2.45) is 11.3 Å². The van der Waals surface area contributed by atoms with Crippen LogP contribution in [0.1, 0.15) is 49.7 Å². The number of fused-ring (bicyclic) bond motifs is 4. The first-order valence-electron chi connectivity index (χ1n) is 12.1. The van der Waals surface area contributed by atoms with E-state index in [2.05, 4.69) is 29.6 Å². The Kier molecular flexibility index (Phi) is 5.80. The zero-order chi connectivity index (χ0) is 23.9. The predicted molar refractivity (Wildman–Crippen MR) is 126 cm³/mol. The molecule has 0 spiro atoms. The van der Waals surface area contributed by atoms with Crippen LogP contribution in [0.25, 0.3) is 11.1 Å². The van der Waals surface area contributed by atoms with Gasteiger partial charge in [-0.1, -0.05) is 55.5 Å². The molecule has 0 aromatic heterocycles. The fraction of sp³-hybridized carbons (Fsp3) is 0.444. The first-order chi connectivity index (χ1) is 16.4. The largest absolute Gasteiger partial charge is 0.480 e. The highest BCUT2D eigenvalue weighted by atomic mass is 16.5. The lowest BCUT2D eigenvalue weighted by Gasteiger charge is -2.25. The Labute approximate surface area is 199 Å². The molecule has 178 valence electrons. The molecule has 2 aromatic rings. The maximum absolute atomic E-state index is 13.1. The van der Waals surface area contributed by atoms with Gasteiger partial charge in [-0.3, -0.25) is 9.59 Å². The highest BCUT2D eigenvalue weighted by molar-refractivity contribution is 5.89. The van der Waals surface area contributed by atoms with E-state index >= 15 is 0 Å². The highest BCUT2D eigenvalue weighted by Gasteiger charge is 2.66. The van der Waals surface area contributed by atoms with Crippen molar-refractivity contribution in [1.82, 2.24) is 10.2 Å². The zero-order valence-corrected chi connectivity index (χ0v) is 19.3. The van der Waals surface area contributed by atoms with E-state index in [1.807, 2.05) is 31.2 Å². The first kappa shape index (κ1) is 22.4. The van der Waals surface area contributed by atoms with Crippen LogP contribution >= 0.6 is 0 Å². The van der Waals surface area contributed by atoms with E-state index in [-0.39, 0.29) is 36.9 Å². The van der Waals surface area contributed by atoms with Gasteiger partial charge >= 0.3 is 12.1 Å². The summed E-state index contributed by atoms with van der Waals surface area (Å²) in [5.74, 6) is -0.881. The van der Waals surface area contributed by atoms with E-state index in [1.165, 1.54) is 16.0 Å². The molecule has 7 heteroatoms. The first-order valence-corrected chi connectivity index (χ1v) is 12.1. The van der Waals surface area contributed by atoms with E-state index in [4.69, 9.17) is 4.74 Å². The number of ether oxygens (including phenoxy) is 1. The second kappa shape index (κ2) is 8.78. The monoisotopic (exact) mass is 462 g/mol. The van der Waals surface area contributed by atoms with Crippen LogP contribution in [0.2, 0.25) is 0 Å². The number of aliphatic carboxylic acids is 1. The Hall–Kier alpha value is -3.35. The van der Waals surface area contributed by atoms with Crippen LogP contribution in [0.15, 0.2) is 48.5 Å². The summed E-state index contributed by atoms with van der Waals surface area (Å²) in [5, 5.41) is 12.1. The quantitative estimate of drug-likeness (QED) is 0.618. The Bertz CT molecular complexity index is 1090. The van der Waals surface area contributed by atoms with E-state index < -0.39 is 17.5 Å². The molecule has 2 aromatic carbocycles. The molecular formula is C27H30N2O5. The summed E-state index contributed by atoms with van der Waals surface area (Å²) in [5.41, 5.74) is 4.17. The Morgan fingerprint density at radius 2 is 1.71 bits per heavy atom. The third kappa shape index (κ3) is 3.93. The lowest BCUT2D eigenvalue weighted by atomic mass is 9.98. The van der Waals surface area contributed by atoms with Crippen molar-refractivity contribution in [1.29, 1.82) is 0 Å². The third-order valence-corrected chi connectivity index (χ3v) is 7.61. The maximum Gasteiger partial charge on any atom is 0.407 e. The van der Waals surface area contributed by atoms with E-state index in [0.29, 0.717) is 19.4 Å². The number of nitrogens with zero attached hydrogens (tertiary/aromatic N) is 1. The smallest absolute Gasteiger partial charge is 0.407 e. The van der Waals surface area contributed by atoms with Gasteiger partial charge in [-0.2, -0.15) is 0 Å². The number of nitrogens with one attached hydrogen (secondary N) is 1. The van der Waals surface area contributed by atoms with Crippen molar-refractivity contribution in [3.63, 3.8) is 0 Å². The highest BCUT2D eigenvalue weighted by Crippen LogP contribution is 2.64. The zero-order valence-electron chi connectivity index (χ0n) is 19.3. The van der Waals surface area contributed by atoms with Crippen molar-refractivity contribution >= 4 is 18.0 Å². The minimum atomic E-state index is -0.998. The van der Waals surface area contributed by atoms with Crippen molar-refractivity contribution < 1.29 is 24.2 Å². The second-order valence-electron chi connectivity index (χ2n) is 9.78. The van der Waals surface area contributed by atoms with Crippen molar-refractivity contribution in [3.8, 4) is 11.1 Å². The summed E-state index contributed by atoms with van der Waals surface area (Å²) in [6.45, 7) is 2.35. The molecule has 2 fully saturated rings. The summed E-state index contributed by atoms with van der Waals surface area (Å²) in [4.78, 5) is 38.4. The summed E-state index contributed by atoms with van der Waals surface area (Å²) in [7, 11) is 0. The Balaban J connectivity index is 1.19. The number of carboxylic acids is 1. The topological polar surface area (TPSA) is 95.9 Å². The fourth-order valence-electron chi connectivity index (χ4n) is 6.07. The van der Waals surface area contributed by atoms with Crippen LogP contribution in [0.5, 0.6) is 0 Å². The molecule has 0 bridgehead atoms. The summed E-state index contributed by atoms with van der Waals surface area (Å²) in [6.07, 6.45) is 2.28. The lowest BCUT2D eigenvalue weighted by Crippen LogP contribution is -2.42. The molecule has 0 aliphatic heterocycles. The van der Waals surface area contributed by atoms with Gasteiger partial charge in [0.25, 0.3) is 0 Å². The van der Waals surface area contributed by atoms with Gasteiger partial charge in [0.2, 0.25) is 5.91 Å². The molecule has 2 amide bonds. The van der Waals surface area contributed by atoms with Crippen LogP contribution in [0.3, 0.4) is 0 Å². The van der Waals surface area contributed by atoms with E-state index in [1.54, 1.807) is 0 Å². The molecule has 5 rings (SSSR count). The van der Waals surface area contributed by atoms with Gasteiger partial charge in [-0.15, -0.1) is 0 Å². The average molecular weight is 463 g/mol. The molecule has 0 unspecified atom stereocenters. The van der Waals surface area contributed by atoms with Crippen molar-refractivity contribution in [2.75, 3.05) is 19.7 Å². The summed E-state index contributed by atoms with van der Waals surface area (Å²) < 4.78 is 5.66. The summed E-state index contributed by atoms with van der Waals surface area (Å²) >= 11 is 0. The van der Waals surface area contributed by atoms with Crippen molar-refractivity contribution in [3.05, 3.63) is 59.7 Å². The van der Waals surface area contributed by atoms with Gasteiger partial charge in [0.15, 0.2) is 0 Å². The van der Waals surface area contributed by atoms with Gasteiger partial charge in [-0.05, 0) is 53.9 Å². The molecule has 34 heavy (non-hydrogen) atoms. The molecule has 3 aliphatic carbocycles. The molecule has 2 saturated carbocycles. The molecule has 0 radical (unpaired) electrons. The van der Waals surface area contributed by atoms with Crippen molar-refractivity contribution in [2.45, 2.75) is 44.6 Å². The van der Waals surface area contributed by atoms with Crippen LogP contribution in [0.4, 0.5) is 4.79 Å². The van der Waals surface area contributed by atoms with E-state index in [9.17, 15) is 19.5 Å². The number of carboxylic acid groups (broad SMARTS) is 1. The number of hydrogen-bond donors (Lipinski definition) is 2. The minimum absolute atomic E-state index is 0.00155. The number of hydrogen-bond acceptors (Lipinski definition) is 4. The van der Waals surface area contributed by atoms with Gasteiger partial charge < -0.3 is 20.1 Å². The number of rotatable bonds is 8. The van der Waals surface area contributed by atoms with Crippen LogP contribution < -0.4 is 5.32 Å². The number of carbonyl (C=O) groups excluding carboxylic acids is 2. The van der Waals surface area contributed by atoms with Crippen LogP contribution in [-0.2, 0) is 14.3 Å². The molecule has 7 nitrogen and oxygen atoms in total. The normalized spacial score (nSPS) is 24.0. The molecule has 0 heterocycles. The number of benzene rings is 2. The second-order valence-corrected chi connectivity index (χ2v) is 9.78. The molecule has 0 saturated heterocycles. The predicted octanol–water partition coefficient (Wildman–Crippen LogP) is 4.02. The summed E-state index contributed by atoms with van der Waals surface area (Å²) in [6, 6.07) is 16.3. The third-order valence-electron chi connectivity index (χ3n) is 7.61. The Morgan fingerprint density at radius 3 is 2.32 bits per heavy atom. The molecule has 3 aliphatic rings. The van der Waals surface area contributed by atoms with Crippen LogP contribution in [-0.4, -0.2) is 53.7 Å². The molecular weight excluding hydrogens is 432 g/mol. The fourth-order valence-corrected chi connectivity index (χ4v) is 6.07. The molecule has 3 atom stereocenters.